The highest BCUT2D eigenvalue weighted by Crippen LogP contribution is 2.23. The van der Waals surface area contributed by atoms with Crippen molar-refractivity contribution < 1.29 is 18.0 Å². The van der Waals surface area contributed by atoms with Crippen LogP contribution in [0.15, 0.2) is 83.3 Å². The van der Waals surface area contributed by atoms with E-state index in [1.807, 2.05) is 73.7 Å². The van der Waals surface area contributed by atoms with Crippen LogP contribution >= 0.6 is 15.9 Å². The van der Waals surface area contributed by atoms with E-state index in [0.29, 0.717) is 12.1 Å². The number of nitrogens with zero attached hydrogens (tertiary/aromatic N) is 2. The molecular weight excluding hydrogens is 614 g/mol. The first kappa shape index (κ1) is 31.8. The quantitative estimate of drug-likeness (QED) is 0.265. The summed E-state index contributed by atoms with van der Waals surface area (Å²) in [6, 6.07) is 23.7. The third-order valence-corrected chi connectivity index (χ3v) is 9.47. The molecule has 4 rings (SSSR count). The van der Waals surface area contributed by atoms with Gasteiger partial charge in [0.25, 0.3) is 0 Å². The first-order chi connectivity index (χ1) is 20.1. The van der Waals surface area contributed by atoms with Gasteiger partial charge in [-0.15, -0.1) is 0 Å². The van der Waals surface area contributed by atoms with Gasteiger partial charge in [-0.1, -0.05) is 96.7 Å². The Morgan fingerprint density at radius 1 is 0.881 bits per heavy atom. The molecule has 0 bridgehead atoms. The normalized spacial score (nSPS) is 14.6. The van der Waals surface area contributed by atoms with E-state index in [2.05, 4.69) is 21.2 Å². The lowest BCUT2D eigenvalue weighted by Crippen LogP contribution is -2.55. The van der Waals surface area contributed by atoms with E-state index in [-0.39, 0.29) is 18.5 Å². The van der Waals surface area contributed by atoms with Crippen LogP contribution in [0.5, 0.6) is 0 Å². The molecule has 9 heteroatoms. The smallest absolute Gasteiger partial charge is 0.244 e. The van der Waals surface area contributed by atoms with Crippen LogP contribution in [-0.2, 0) is 39.0 Å². The van der Waals surface area contributed by atoms with Gasteiger partial charge in [0, 0.05) is 23.5 Å². The number of rotatable bonds is 12. The second kappa shape index (κ2) is 14.8. The Labute approximate surface area is 258 Å². The maximum atomic E-state index is 14.2. The summed E-state index contributed by atoms with van der Waals surface area (Å²) in [6.45, 7) is 1.77. The molecule has 1 aliphatic rings. The Bertz CT molecular complexity index is 1420. The zero-order valence-electron chi connectivity index (χ0n) is 24.3. The molecule has 3 aromatic carbocycles. The van der Waals surface area contributed by atoms with Crippen molar-refractivity contribution in [2.24, 2.45) is 0 Å². The summed E-state index contributed by atoms with van der Waals surface area (Å²) in [7, 11) is -3.79. The summed E-state index contributed by atoms with van der Waals surface area (Å²) in [5.74, 6) is -0.656. The number of amides is 2. The second-order valence-electron chi connectivity index (χ2n) is 11.0. The molecule has 1 N–H and O–H groups in total. The summed E-state index contributed by atoms with van der Waals surface area (Å²) in [4.78, 5) is 29.8. The Morgan fingerprint density at radius 3 is 2.10 bits per heavy atom. The molecule has 7 nitrogen and oxygen atoms in total. The molecule has 0 aromatic heterocycles. The van der Waals surface area contributed by atoms with Gasteiger partial charge in [-0.25, -0.2) is 8.42 Å². The van der Waals surface area contributed by atoms with Crippen LogP contribution in [-0.4, -0.2) is 50.0 Å². The minimum Gasteiger partial charge on any atom is -0.352 e. The Balaban J connectivity index is 1.70. The van der Waals surface area contributed by atoms with Crippen molar-refractivity contribution in [2.75, 3.05) is 17.1 Å². The van der Waals surface area contributed by atoms with Gasteiger partial charge in [0.05, 0.1) is 11.9 Å². The maximum Gasteiger partial charge on any atom is 0.244 e. The first-order valence-electron chi connectivity index (χ1n) is 14.6. The highest BCUT2D eigenvalue weighted by atomic mass is 79.9. The molecule has 42 heavy (non-hydrogen) atoms. The van der Waals surface area contributed by atoms with E-state index in [1.165, 1.54) is 0 Å². The SMILES string of the molecule is CCc1ccc(N(CC(=O)N(Cc2ccc(Br)cc2)[C@@H](Cc2ccccc2)C(=O)NC2CCCCC2)S(C)(=O)=O)cc1. The van der Waals surface area contributed by atoms with Crippen LogP contribution in [0.1, 0.15) is 55.7 Å². The summed E-state index contributed by atoms with van der Waals surface area (Å²) in [5, 5.41) is 3.23. The van der Waals surface area contributed by atoms with Crippen LogP contribution in [0.4, 0.5) is 5.69 Å². The van der Waals surface area contributed by atoms with Gasteiger partial charge in [-0.2, -0.15) is 0 Å². The van der Waals surface area contributed by atoms with E-state index in [1.54, 1.807) is 17.0 Å². The van der Waals surface area contributed by atoms with Gasteiger partial charge < -0.3 is 10.2 Å². The van der Waals surface area contributed by atoms with E-state index in [9.17, 15) is 18.0 Å². The van der Waals surface area contributed by atoms with E-state index >= 15 is 0 Å². The largest absolute Gasteiger partial charge is 0.352 e. The van der Waals surface area contributed by atoms with Crippen LogP contribution in [0.25, 0.3) is 0 Å². The number of hydrogen-bond acceptors (Lipinski definition) is 4. The number of sulfonamides is 1. The maximum absolute atomic E-state index is 14.2. The predicted molar refractivity (Wildman–Crippen MR) is 172 cm³/mol. The summed E-state index contributed by atoms with van der Waals surface area (Å²) < 4.78 is 28.0. The Hall–Kier alpha value is -3.17. The van der Waals surface area contributed by atoms with Crippen LogP contribution in [0.2, 0.25) is 0 Å². The molecule has 0 aliphatic heterocycles. The van der Waals surface area contributed by atoms with Crippen molar-refractivity contribution in [1.29, 1.82) is 0 Å². The Morgan fingerprint density at radius 2 is 1.50 bits per heavy atom. The van der Waals surface area contributed by atoms with Gasteiger partial charge in [0.2, 0.25) is 21.8 Å². The third-order valence-electron chi connectivity index (χ3n) is 7.80. The minimum atomic E-state index is -3.79. The molecule has 224 valence electrons. The number of hydrogen-bond donors (Lipinski definition) is 1. The number of carbonyl (C=O) groups excluding carboxylic acids is 2. The lowest BCUT2D eigenvalue weighted by Gasteiger charge is -2.35. The molecule has 2 amide bonds. The van der Waals surface area contributed by atoms with Crippen molar-refractivity contribution >= 4 is 43.5 Å². The van der Waals surface area contributed by atoms with Gasteiger partial charge in [-0.05, 0) is 60.2 Å². The fourth-order valence-electron chi connectivity index (χ4n) is 5.40. The lowest BCUT2D eigenvalue weighted by molar-refractivity contribution is -0.140. The fraction of sp³-hybridized carbons (Fsp3) is 0.394. The second-order valence-corrected chi connectivity index (χ2v) is 13.8. The van der Waals surface area contributed by atoms with Gasteiger partial charge in [-0.3, -0.25) is 13.9 Å². The van der Waals surface area contributed by atoms with Gasteiger partial charge >= 0.3 is 0 Å². The molecule has 0 spiro atoms. The molecule has 0 radical (unpaired) electrons. The predicted octanol–water partition coefficient (Wildman–Crippen LogP) is 5.87. The average molecular weight is 655 g/mol. The third kappa shape index (κ3) is 8.91. The monoisotopic (exact) mass is 653 g/mol. The molecular formula is C33H40BrN3O4S. The van der Waals surface area contributed by atoms with Crippen molar-refractivity contribution in [3.8, 4) is 0 Å². The summed E-state index contributed by atoms with van der Waals surface area (Å²) >= 11 is 3.46. The molecule has 3 aromatic rings. The first-order valence-corrected chi connectivity index (χ1v) is 17.2. The molecule has 1 saturated carbocycles. The van der Waals surface area contributed by atoms with Crippen LogP contribution < -0.4 is 9.62 Å². The summed E-state index contributed by atoms with van der Waals surface area (Å²) in [6.07, 6.45) is 7.35. The van der Waals surface area contributed by atoms with E-state index in [4.69, 9.17) is 0 Å². The molecule has 0 saturated heterocycles. The topological polar surface area (TPSA) is 86.8 Å². The Kier molecular flexibility index (Phi) is 11.2. The molecule has 1 fully saturated rings. The number of halogens is 1. The number of aryl methyl sites for hydroxylation is 1. The zero-order valence-corrected chi connectivity index (χ0v) is 26.7. The van der Waals surface area contributed by atoms with Crippen LogP contribution in [0.3, 0.4) is 0 Å². The number of anilines is 1. The van der Waals surface area contributed by atoms with Crippen molar-refractivity contribution in [3.63, 3.8) is 0 Å². The number of carbonyl (C=O) groups is 2. The van der Waals surface area contributed by atoms with Crippen molar-refractivity contribution in [2.45, 2.75) is 70.5 Å². The molecule has 0 heterocycles. The van der Waals surface area contributed by atoms with Crippen LogP contribution in [0, 0.1) is 0 Å². The highest BCUT2D eigenvalue weighted by molar-refractivity contribution is 9.10. The van der Waals surface area contributed by atoms with Crippen molar-refractivity contribution in [1.82, 2.24) is 10.2 Å². The average Bonchev–Trinajstić information content (AvgIpc) is 2.99. The molecule has 1 atom stereocenters. The summed E-state index contributed by atoms with van der Waals surface area (Å²) in [5.41, 5.74) is 3.24. The lowest BCUT2D eigenvalue weighted by atomic mass is 9.94. The molecule has 1 aliphatic carbocycles. The van der Waals surface area contributed by atoms with Crippen molar-refractivity contribution in [3.05, 3.63) is 100 Å². The van der Waals surface area contributed by atoms with E-state index in [0.717, 1.165) is 70.2 Å². The van der Waals surface area contributed by atoms with Gasteiger partial charge in [0.15, 0.2) is 0 Å². The number of nitrogens with one attached hydrogen (secondary N) is 1. The standard InChI is InChI=1S/C33H40BrN3O4S/c1-3-25-16-20-30(21-17-25)37(42(2,40)41)24-32(38)36(23-27-14-18-28(34)19-15-27)31(22-26-10-6-4-7-11-26)33(39)35-29-12-8-5-9-13-29/h4,6-7,10-11,14-21,29,31H,3,5,8-9,12-13,22-24H2,1-2H3,(H,35,39)/t31-/m0/s1. The van der Waals surface area contributed by atoms with Gasteiger partial charge in [0.1, 0.15) is 12.6 Å². The molecule has 0 unspecified atom stereocenters. The van der Waals surface area contributed by atoms with E-state index < -0.39 is 28.5 Å². The zero-order chi connectivity index (χ0) is 30.1. The highest BCUT2D eigenvalue weighted by Gasteiger charge is 2.34. The number of benzene rings is 3. The minimum absolute atomic E-state index is 0.0683. The fourth-order valence-corrected chi connectivity index (χ4v) is 6.51.